The topological polar surface area (TPSA) is 3.24 Å². The van der Waals surface area contributed by atoms with E-state index in [1.165, 1.54) is 11.1 Å². The van der Waals surface area contributed by atoms with E-state index in [9.17, 15) is 0 Å². The highest BCUT2D eigenvalue weighted by Crippen LogP contribution is 2.31. The second-order valence-corrected chi connectivity index (χ2v) is 5.28. The van der Waals surface area contributed by atoms with E-state index in [-0.39, 0.29) is 0 Å². The van der Waals surface area contributed by atoms with Crippen molar-refractivity contribution in [3.05, 3.63) is 58.6 Å². The minimum absolute atomic E-state index is 0.773. The molecular weight excluding hydrogens is 310 g/mol. The van der Waals surface area contributed by atoms with Gasteiger partial charge in [0.15, 0.2) is 0 Å². The fraction of sp³-hybridized carbons (Fsp3) is 0.200. The summed E-state index contributed by atoms with van der Waals surface area (Å²) in [6, 6.07) is 14.5. The van der Waals surface area contributed by atoms with Gasteiger partial charge >= 0.3 is 0 Å². The van der Waals surface area contributed by atoms with Crippen LogP contribution < -0.4 is 4.90 Å². The molecule has 0 saturated heterocycles. The Morgan fingerprint density at radius 3 is 2.33 bits per heavy atom. The second-order valence-electron chi connectivity index (χ2n) is 4.31. The van der Waals surface area contributed by atoms with Crippen LogP contribution in [0.1, 0.15) is 11.1 Å². The van der Waals surface area contributed by atoms with E-state index in [2.05, 4.69) is 64.2 Å². The Labute approximate surface area is 122 Å². The van der Waals surface area contributed by atoms with Gasteiger partial charge in [0.1, 0.15) is 0 Å². The highest BCUT2D eigenvalue weighted by Gasteiger charge is 2.08. The van der Waals surface area contributed by atoms with Crippen LogP contribution in [0.25, 0.3) is 0 Å². The zero-order valence-corrected chi connectivity index (χ0v) is 12.8. The van der Waals surface area contributed by atoms with Gasteiger partial charge in [0, 0.05) is 18.1 Å². The zero-order valence-electron chi connectivity index (χ0n) is 10.5. The van der Waals surface area contributed by atoms with Crippen molar-refractivity contribution in [2.24, 2.45) is 0 Å². The van der Waals surface area contributed by atoms with Crippen molar-refractivity contribution < 1.29 is 0 Å². The maximum absolute atomic E-state index is 6.32. The van der Waals surface area contributed by atoms with Crippen molar-refractivity contribution in [1.82, 2.24) is 0 Å². The van der Waals surface area contributed by atoms with Gasteiger partial charge in [-0.05, 0) is 36.8 Å². The second kappa shape index (κ2) is 5.77. The van der Waals surface area contributed by atoms with Crippen molar-refractivity contribution in [2.75, 3.05) is 11.9 Å². The summed E-state index contributed by atoms with van der Waals surface area (Å²) in [5.41, 5.74) is 4.59. The molecule has 94 valence electrons. The molecule has 2 rings (SSSR count). The van der Waals surface area contributed by atoms with E-state index < -0.39 is 0 Å². The Kier molecular flexibility index (Phi) is 4.31. The van der Waals surface area contributed by atoms with Crippen LogP contribution in [0, 0.1) is 6.92 Å². The molecule has 0 aliphatic carbocycles. The van der Waals surface area contributed by atoms with Crippen LogP contribution in [0.2, 0.25) is 5.02 Å². The minimum atomic E-state index is 0.773. The van der Waals surface area contributed by atoms with Crippen LogP contribution in [0.15, 0.2) is 42.5 Å². The number of nitrogens with zero attached hydrogens (tertiary/aromatic N) is 1. The number of hydrogen-bond acceptors (Lipinski definition) is 1. The molecule has 0 bridgehead atoms. The van der Waals surface area contributed by atoms with Gasteiger partial charge in [0.25, 0.3) is 0 Å². The summed E-state index contributed by atoms with van der Waals surface area (Å²) in [5.74, 6) is 0. The number of alkyl halides is 1. The molecule has 0 fully saturated rings. The molecule has 0 aliphatic heterocycles. The quantitative estimate of drug-likeness (QED) is 0.691. The first-order valence-electron chi connectivity index (χ1n) is 5.76. The number of benzene rings is 2. The normalized spacial score (nSPS) is 10.4. The Morgan fingerprint density at radius 1 is 1.11 bits per heavy atom. The van der Waals surface area contributed by atoms with Crippen molar-refractivity contribution in [2.45, 2.75) is 12.3 Å². The van der Waals surface area contributed by atoms with Gasteiger partial charge in [-0.2, -0.15) is 0 Å². The number of anilines is 2. The molecule has 1 nitrogen and oxygen atoms in total. The van der Waals surface area contributed by atoms with Crippen LogP contribution in [0.4, 0.5) is 11.4 Å². The molecule has 0 aromatic heterocycles. The molecule has 18 heavy (non-hydrogen) atoms. The average molecular weight is 325 g/mol. The van der Waals surface area contributed by atoms with Gasteiger partial charge in [0.2, 0.25) is 0 Å². The SMILES string of the molecule is Cc1ccc(N(C)c2ccc(CBr)cc2Cl)cc1. The van der Waals surface area contributed by atoms with Crippen molar-refractivity contribution in [3.63, 3.8) is 0 Å². The lowest BCUT2D eigenvalue weighted by molar-refractivity contribution is 1.20. The highest BCUT2D eigenvalue weighted by molar-refractivity contribution is 9.08. The predicted molar refractivity (Wildman–Crippen MR) is 83.3 cm³/mol. The first-order chi connectivity index (χ1) is 8.61. The molecule has 0 heterocycles. The molecule has 0 radical (unpaired) electrons. The molecule has 0 unspecified atom stereocenters. The Balaban J connectivity index is 2.33. The number of aryl methyl sites for hydroxylation is 1. The summed E-state index contributed by atoms with van der Waals surface area (Å²) in [4.78, 5) is 2.10. The molecular formula is C15H15BrClN. The summed E-state index contributed by atoms with van der Waals surface area (Å²) in [7, 11) is 2.03. The lowest BCUT2D eigenvalue weighted by Crippen LogP contribution is -2.09. The van der Waals surface area contributed by atoms with Crippen molar-refractivity contribution in [1.29, 1.82) is 0 Å². The minimum Gasteiger partial charge on any atom is -0.343 e. The van der Waals surface area contributed by atoms with Gasteiger partial charge in [-0.25, -0.2) is 0 Å². The van der Waals surface area contributed by atoms with Gasteiger partial charge in [-0.1, -0.05) is 51.3 Å². The van der Waals surface area contributed by atoms with Gasteiger partial charge in [0.05, 0.1) is 10.7 Å². The average Bonchev–Trinajstić information content (AvgIpc) is 2.38. The molecule has 0 saturated carbocycles. The number of rotatable bonds is 3. The van der Waals surface area contributed by atoms with Gasteiger partial charge in [-0.15, -0.1) is 0 Å². The zero-order chi connectivity index (χ0) is 13.1. The smallest absolute Gasteiger partial charge is 0.0646 e. The molecule has 0 N–H and O–H groups in total. The van der Waals surface area contributed by atoms with E-state index in [1.54, 1.807) is 0 Å². The highest BCUT2D eigenvalue weighted by atomic mass is 79.9. The van der Waals surface area contributed by atoms with Crippen LogP contribution in [-0.4, -0.2) is 7.05 Å². The fourth-order valence-corrected chi connectivity index (χ4v) is 2.49. The molecule has 0 aliphatic rings. The summed E-state index contributed by atoms with van der Waals surface area (Å²) in [5, 5.41) is 1.59. The molecule has 2 aromatic carbocycles. The Morgan fingerprint density at radius 2 is 1.78 bits per heavy atom. The summed E-state index contributed by atoms with van der Waals surface area (Å²) in [6.45, 7) is 2.08. The molecule has 3 heteroatoms. The van der Waals surface area contributed by atoms with E-state index in [4.69, 9.17) is 11.6 Å². The van der Waals surface area contributed by atoms with Crippen LogP contribution >= 0.6 is 27.5 Å². The van der Waals surface area contributed by atoms with Crippen LogP contribution in [0.5, 0.6) is 0 Å². The third-order valence-electron chi connectivity index (χ3n) is 2.95. The summed E-state index contributed by atoms with van der Waals surface area (Å²) < 4.78 is 0. The molecule has 0 amide bonds. The summed E-state index contributed by atoms with van der Waals surface area (Å²) >= 11 is 9.76. The van der Waals surface area contributed by atoms with E-state index in [0.29, 0.717) is 0 Å². The van der Waals surface area contributed by atoms with Crippen LogP contribution in [0.3, 0.4) is 0 Å². The Bertz CT molecular complexity index is 537. The first kappa shape index (κ1) is 13.4. The fourth-order valence-electron chi connectivity index (χ4n) is 1.81. The van der Waals surface area contributed by atoms with E-state index in [1.807, 2.05) is 13.1 Å². The van der Waals surface area contributed by atoms with Crippen molar-refractivity contribution in [3.8, 4) is 0 Å². The standard InChI is InChI=1S/C15H15BrClN/c1-11-3-6-13(7-4-11)18(2)15-8-5-12(10-16)9-14(15)17/h3-9H,10H2,1-2H3. The van der Waals surface area contributed by atoms with Gasteiger partial charge in [-0.3, -0.25) is 0 Å². The third kappa shape index (κ3) is 2.88. The lowest BCUT2D eigenvalue weighted by Gasteiger charge is -2.21. The molecule has 2 aromatic rings. The van der Waals surface area contributed by atoms with E-state index >= 15 is 0 Å². The van der Waals surface area contributed by atoms with Gasteiger partial charge < -0.3 is 4.90 Å². The number of hydrogen-bond donors (Lipinski definition) is 0. The maximum atomic E-state index is 6.32. The van der Waals surface area contributed by atoms with Crippen LogP contribution in [-0.2, 0) is 5.33 Å². The molecule has 0 spiro atoms. The monoisotopic (exact) mass is 323 g/mol. The Hall–Kier alpha value is -0.990. The van der Waals surface area contributed by atoms with E-state index in [0.717, 1.165) is 21.7 Å². The number of halogens is 2. The molecule has 0 atom stereocenters. The summed E-state index contributed by atoms with van der Waals surface area (Å²) in [6.07, 6.45) is 0. The third-order valence-corrected chi connectivity index (χ3v) is 3.90. The maximum Gasteiger partial charge on any atom is 0.0646 e. The van der Waals surface area contributed by atoms with Crippen molar-refractivity contribution >= 4 is 38.9 Å². The predicted octanol–water partition coefficient (Wildman–Crippen LogP) is 5.31. The lowest BCUT2D eigenvalue weighted by atomic mass is 10.2. The largest absolute Gasteiger partial charge is 0.343 e. The first-order valence-corrected chi connectivity index (χ1v) is 7.26.